The number of para-hydroxylation sites is 1. The van der Waals surface area contributed by atoms with Gasteiger partial charge >= 0.3 is 0 Å². The first kappa shape index (κ1) is 16.9. The molecule has 24 heavy (non-hydrogen) atoms. The van der Waals surface area contributed by atoms with Crippen molar-refractivity contribution in [1.29, 1.82) is 0 Å². The number of sulfonamides is 1. The first-order chi connectivity index (χ1) is 11.5. The molecule has 1 aliphatic heterocycles. The van der Waals surface area contributed by atoms with Crippen molar-refractivity contribution < 1.29 is 21.9 Å². The molecule has 3 rings (SSSR count). The second kappa shape index (κ2) is 6.86. The molecular weight excluding hydrogens is 336 g/mol. The van der Waals surface area contributed by atoms with Crippen LogP contribution in [0.5, 0.6) is 5.75 Å². The molecule has 0 amide bonds. The molecule has 4 nitrogen and oxygen atoms in total. The fourth-order valence-corrected chi connectivity index (χ4v) is 4.22. The third kappa shape index (κ3) is 3.57. The quantitative estimate of drug-likeness (QED) is 0.848. The summed E-state index contributed by atoms with van der Waals surface area (Å²) in [6.45, 7) is 0.506. The smallest absolute Gasteiger partial charge is 0.243 e. The van der Waals surface area contributed by atoms with Crippen molar-refractivity contribution in [2.75, 3.05) is 13.1 Å². The van der Waals surface area contributed by atoms with Gasteiger partial charge in [0.2, 0.25) is 10.0 Å². The second-order valence-corrected chi connectivity index (χ2v) is 7.57. The monoisotopic (exact) mass is 353 g/mol. The Kier molecular flexibility index (Phi) is 4.82. The molecule has 7 heteroatoms. The maximum atomic E-state index is 13.4. The second-order valence-electron chi connectivity index (χ2n) is 5.63. The van der Waals surface area contributed by atoms with Crippen LogP contribution < -0.4 is 4.74 Å². The summed E-state index contributed by atoms with van der Waals surface area (Å²) >= 11 is 0. The molecule has 0 N–H and O–H groups in total. The van der Waals surface area contributed by atoms with Crippen molar-refractivity contribution in [1.82, 2.24) is 4.31 Å². The first-order valence-electron chi connectivity index (χ1n) is 7.64. The topological polar surface area (TPSA) is 46.6 Å². The molecule has 2 aromatic rings. The minimum absolute atomic E-state index is 0.177. The van der Waals surface area contributed by atoms with Crippen LogP contribution in [-0.2, 0) is 10.0 Å². The molecule has 0 radical (unpaired) electrons. The predicted molar refractivity (Wildman–Crippen MR) is 85.2 cm³/mol. The Morgan fingerprint density at radius 1 is 1.04 bits per heavy atom. The van der Waals surface area contributed by atoms with Crippen LogP contribution in [0.2, 0.25) is 0 Å². The van der Waals surface area contributed by atoms with Gasteiger partial charge in [-0.05, 0) is 43.2 Å². The zero-order valence-corrected chi connectivity index (χ0v) is 13.7. The summed E-state index contributed by atoms with van der Waals surface area (Å²) in [5.74, 6) is -1.57. The molecule has 0 saturated carbocycles. The number of hydrogen-bond acceptors (Lipinski definition) is 3. The molecule has 1 aliphatic rings. The summed E-state index contributed by atoms with van der Waals surface area (Å²) < 4.78 is 58.7. The lowest BCUT2D eigenvalue weighted by Gasteiger charge is -2.32. The minimum Gasteiger partial charge on any atom is -0.489 e. The number of nitrogens with zero attached hydrogens (tertiary/aromatic N) is 1. The molecule has 2 aromatic carbocycles. The third-order valence-corrected chi connectivity index (χ3v) is 5.78. The van der Waals surface area contributed by atoms with E-state index in [2.05, 4.69) is 0 Å². The highest BCUT2D eigenvalue weighted by molar-refractivity contribution is 7.89. The Balaban J connectivity index is 1.77. The van der Waals surface area contributed by atoms with Crippen molar-refractivity contribution in [2.24, 2.45) is 0 Å². The van der Waals surface area contributed by atoms with Crippen molar-refractivity contribution in [3.05, 3.63) is 60.2 Å². The van der Waals surface area contributed by atoms with Gasteiger partial charge in [-0.2, -0.15) is 4.31 Å². The zero-order chi connectivity index (χ0) is 17.2. The lowest BCUT2D eigenvalue weighted by atomic mass is 10.1. The maximum absolute atomic E-state index is 13.4. The number of rotatable bonds is 4. The average Bonchev–Trinajstić information content (AvgIpc) is 2.58. The van der Waals surface area contributed by atoms with Crippen LogP contribution in [0.15, 0.2) is 53.4 Å². The number of ether oxygens (including phenoxy) is 1. The van der Waals surface area contributed by atoms with Gasteiger partial charge < -0.3 is 4.74 Å². The van der Waals surface area contributed by atoms with Crippen LogP contribution >= 0.6 is 0 Å². The Morgan fingerprint density at radius 2 is 1.79 bits per heavy atom. The summed E-state index contributed by atoms with van der Waals surface area (Å²) in [5.41, 5.74) is 0. The first-order valence-corrected chi connectivity index (χ1v) is 9.08. The van der Waals surface area contributed by atoms with E-state index in [0.29, 0.717) is 24.8 Å². The summed E-state index contributed by atoms with van der Waals surface area (Å²) in [7, 11) is -3.88. The maximum Gasteiger partial charge on any atom is 0.243 e. The average molecular weight is 353 g/mol. The molecule has 1 saturated heterocycles. The Bertz CT molecular complexity index is 812. The number of halogens is 2. The molecule has 1 fully saturated rings. The van der Waals surface area contributed by atoms with Crippen LogP contribution in [0.4, 0.5) is 8.78 Å². The molecular formula is C17H17F2NO3S. The third-order valence-electron chi connectivity index (χ3n) is 3.92. The van der Waals surface area contributed by atoms with Gasteiger partial charge in [0, 0.05) is 6.54 Å². The van der Waals surface area contributed by atoms with Gasteiger partial charge in [0.15, 0.2) is 11.6 Å². The van der Waals surface area contributed by atoms with Gasteiger partial charge in [0.25, 0.3) is 0 Å². The van der Waals surface area contributed by atoms with Crippen LogP contribution in [0.1, 0.15) is 12.8 Å². The molecule has 1 heterocycles. The fraction of sp³-hybridized carbons (Fsp3) is 0.294. The van der Waals surface area contributed by atoms with Gasteiger partial charge in [0.05, 0.1) is 11.4 Å². The van der Waals surface area contributed by atoms with Gasteiger partial charge in [0.1, 0.15) is 11.9 Å². The van der Waals surface area contributed by atoms with Crippen LogP contribution in [0.3, 0.4) is 0 Å². The van der Waals surface area contributed by atoms with E-state index in [1.807, 2.05) is 30.3 Å². The summed E-state index contributed by atoms with van der Waals surface area (Å²) in [4.78, 5) is -0.248. The fourth-order valence-electron chi connectivity index (χ4n) is 2.70. The van der Waals surface area contributed by atoms with Gasteiger partial charge in [-0.3, -0.25) is 0 Å². The zero-order valence-electron chi connectivity index (χ0n) is 12.9. The van der Waals surface area contributed by atoms with Crippen molar-refractivity contribution in [3.63, 3.8) is 0 Å². The normalized spacial score (nSPS) is 19.2. The predicted octanol–water partition coefficient (Wildman–Crippen LogP) is 3.20. The van der Waals surface area contributed by atoms with E-state index in [1.165, 1.54) is 4.31 Å². The van der Waals surface area contributed by atoms with Crippen molar-refractivity contribution in [3.8, 4) is 5.75 Å². The van der Waals surface area contributed by atoms with Crippen LogP contribution in [0, 0.1) is 11.6 Å². The van der Waals surface area contributed by atoms with E-state index < -0.39 is 21.7 Å². The summed E-state index contributed by atoms with van der Waals surface area (Å²) in [6, 6.07) is 11.8. The molecule has 1 unspecified atom stereocenters. The van der Waals surface area contributed by atoms with Crippen molar-refractivity contribution >= 4 is 10.0 Å². The Hall–Kier alpha value is -1.99. The van der Waals surface area contributed by atoms with E-state index in [4.69, 9.17) is 4.74 Å². The summed E-state index contributed by atoms with van der Waals surface area (Å²) in [5, 5.41) is 0. The van der Waals surface area contributed by atoms with Crippen molar-refractivity contribution in [2.45, 2.75) is 23.8 Å². The Morgan fingerprint density at radius 3 is 2.50 bits per heavy atom. The number of hydrogen-bond donors (Lipinski definition) is 0. The largest absolute Gasteiger partial charge is 0.489 e. The lowest BCUT2D eigenvalue weighted by molar-refractivity contribution is 0.130. The Labute approximate surface area is 139 Å². The standard InChI is InChI=1S/C17H17F2NO3S/c18-16-9-8-15(11-17(16)19)24(21,22)20-10-4-7-14(12-20)23-13-5-2-1-3-6-13/h1-3,5-6,8-9,11,14H,4,7,10,12H2. The van der Waals surface area contributed by atoms with Gasteiger partial charge in [-0.1, -0.05) is 18.2 Å². The summed E-state index contributed by atoms with van der Waals surface area (Å²) in [6.07, 6.45) is 1.10. The van der Waals surface area contributed by atoms with E-state index >= 15 is 0 Å². The number of benzene rings is 2. The van der Waals surface area contributed by atoms with Crippen LogP contribution in [-0.4, -0.2) is 31.9 Å². The number of piperidine rings is 1. The highest BCUT2D eigenvalue weighted by Gasteiger charge is 2.31. The SMILES string of the molecule is O=S(=O)(c1ccc(F)c(F)c1)N1CCCC(Oc2ccccc2)C1. The van der Waals surface area contributed by atoms with E-state index in [0.717, 1.165) is 18.6 Å². The molecule has 128 valence electrons. The minimum atomic E-state index is -3.88. The molecule has 0 spiro atoms. The molecule has 0 aromatic heterocycles. The van der Waals surface area contributed by atoms with E-state index in [1.54, 1.807) is 0 Å². The highest BCUT2D eigenvalue weighted by Crippen LogP contribution is 2.24. The highest BCUT2D eigenvalue weighted by atomic mass is 32.2. The van der Waals surface area contributed by atoms with Crippen LogP contribution in [0.25, 0.3) is 0 Å². The molecule has 0 bridgehead atoms. The lowest BCUT2D eigenvalue weighted by Crippen LogP contribution is -2.44. The van der Waals surface area contributed by atoms with E-state index in [9.17, 15) is 17.2 Å². The van der Waals surface area contributed by atoms with Gasteiger partial charge in [-0.15, -0.1) is 0 Å². The molecule has 0 aliphatic carbocycles. The van der Waals surface area contributed by atoms with E-state index in [-0.39, 0.29) is 17.5 Å². The molecule has 1 atom stereocenters. The van der Waals surface area contributed by atoms with Gasteiger partial charge in [-0.25, -0.2) is 17.2 Å².